The standard InChI is InChI=1S/C13H26N2O/c1-12-3-2-4-13(11-12)14-5-6-15-7-9-16-10-8-15/h12-14H,2-11H2,1H3/t12-,13+/m0/s1. The van der Waals surface area contributed by atoms with E-state index in [1.54, 1.807) is 0 Å². The van der Waals surface area contributed by atoms with Crippen molar-refractivity contribution in [1.82, 2.24) is 10.2 Å². The van der Waals surface area contributed by atoms with Crippen LogP contribution in [0.5, 0.6) is 0 Å². The molecule has 2 atom stereocenters. The molecular formula is C13H26N2O. The van der Waals surface area contributed by atoms with Crippen LogP contribution in [0.4, 0.5) is 0 Å². The Balaban J connectivity index is 1.56. The third-order valence-corrected chi connectivity index (χ3v) is 3.90. The van der Waals surface area contributed by atoms with E-state index in [0.717, 1.165) is 44.8 Å². The van der Waals surface area contributed by atoms with Crippen LogP contribution in [0.3, 0.4) is 0 Å². The third kappa shape index (κ3) is 4.04. The number of morpholine rings is 1. The maximum absolute atomic E-state index is 5.35. The fraction of sp³-hybridized carbons (Fsp3) is 1.00. The van der Waals surface area contributed by atoms with E-state index in [9.17, 15) is 0 Å². The number of hydrogen-bond donors (Lipinski definition) is 1. The highest BCUT2D eigenvalue weighted by atomic mass is 16.5. The predicted molar refractivity (Wildman–Crippen MR) is 66.7 cm³/mol. The average Bonchev–Trinajstić information content (AvgIpc) is 2.30. The van der Waals surface area contributed by atoms with Crippen molar-refractivity contribution in [2.75, 3.05) is 39.4 Å². The molecule has 0 spiro atoms. The molecule has 0 aromatic heterocycles. The van der Waals surface area contributed by atoms with Gasteiger partial charge in [0.25, 0.3) is 0 Å². The van der Waals surface area contributed by atoms with Gasteiger partial charge in [0.15, 0.2) is 0 Å². The van der Waals surface area contributed by atoms with Crippen molar-refractivity contribution < 1.29 is 4.74 Å². The van der Waals surface area contributed by atoms with Gasteiger partial charge < -0.3 is 10.1 Å². The molecule has 1 N–H and O–H groups in total. The fourth-order valence-electron chi connectivity index (χ4n) is 2.87. The van der Waals surface area contributed by atoms with Crippen molar-refractivity contribution in [1.29, 1.82) is 0 Å². The molecular weight excluding hydrogens is 200 g/mol. The molecule has 3 heteroatoms. The van der Waals surface area contributed by atoms with Crippen molar-refractivity contribution in [2.24, 2.45) is 5.92 Å². The second-order valence-corrected chi connectivity index (χ2v) is 5.38. The molecule has 1 saturated heterocycles. The molecule has 2 fully saturated rings. The van der Waals surface area contributed by atoms with Crippen LogP contribution in [0, 0.1) is 5.92 Å². The van der Waals surface area contributed by atoms with E-state index in [-0.39, 0.29) is 0 Å². The molecule has 3 nitrogen and oxygen atoms in total. The van der Waals surface area contributed by atoms with E-state index in [1.807, 2.05) is 0 Å². The van der Waals surface area contributed by atoms with Gasteiger partial charge in [-0.3, -0.25) is 4.90 Å². The van der Waals surface area contributed by atoms with E-state index in [4.69, 9.17) is 4.74 Å². The lowest BCUT2D eigenvalue weighted by Crippen LogP contribution is -2.43. The largest absolute Gasteiger partial charge is 0.379 e. The summed E-state index contributed by atoms with van der Waals surface area (Å²) < 4.78 is 5.35. The van der Waals surface area contributed by atoms with Gasteiger partial charge in [-0.1, -0.05) is 19.8 Å². The molecule has 0 bridgehead atoms. The molecule has 0 aromatic rings. The summed E-state index contributed by atoms with van der Waals surface area (Å²) in [6, 6.07) is 0.782. The van der Waals surface area contributed by atoms with Crippen molar-refractivity contribution in [3.63, 3.8) is 0 Å². The third-order valence-electron chi connectivity index (χ3n) is 3.90. The van der Waals surface area contributed by atoms with Crippen molar-refractivity contribution in [3.05, 3.63) is 0 Å². The van der Waals surface area contributed by atoms with Crippen LogP contribution in [-0.2, 0) is 4.74 Å². The summed E-state index contributed by atoms with van der Waals surface area (Å²) in [6.45, 7) is 8.79. The topological polar surface area (TPSA) is 24.5 Å². The van der Waals surface area contributed by atoms with E-state index in [2.05, 4.69) is 17.1 Å². The molecule has 0 aromatic carbocycles. The number of hydrogen-bond acceptors (Lipinski definition) is 3. The minimum Gasteiger partial charge on any atom is -0.379 e. The van der Waals surface area contributed by atoms with Gasteiger partial charge in [0.05, 0.1) is 13.2 Å². The summed E-state index contributed by atoms with van der Waals surface area (Å²) in [7, 11) is 0. The maximum Gasteiger partial charge on any atom is 0.0594 e. The molecule has 0 amide bonds. The van der Waals surface area contributed by atoms with E-state index in [1.165, 1.54) is 32.2 Å². The highest BCUT2D eigenvalue weighted by Crippen LogP contribution is 2.23. The minimum absolute atomic E-state index is 0.782. The van der Waals surface area contributed by atoms with Crippen LogP contribution in [0.25, 0.3) is 0 Å². The summed E-state index contributed by atoms with van der Waals surface area (Å²) >= 11 is 0. The Morgan fingerprint density at radius 3 is 2.81 bits per heavy atom. The van der Waals surface area contributed by atoms with Crippen LogP contribution in [0.1, 0.15) is 32.6 Å². The number of nitrogens with one attached hydrogen (secondary N) is 1. The summed E-state index contributed by atoms with van der Waals surface area (Å²) in [4.78, 5) is 2.50. The Morgan fingerprint density at radius 2 is 2.06 bits per heavy atom. The maximum atomic E-state index is 5.35. The molecule has 2 aliphatic rings. The molecule has 0 unspecified atom stereocenters. The molecule has 2 rings (SSSR count). The zero-order valence-corrected chi connectivity index (χ0v) is 10.6. The fourth-order valence-corrected chi connectivity index (χ4v) is 2.87. The van der Waals surface area contributed by atoms with Crippen LogP contribution in [-0.4, -0.2) is 50.3 Å². The Kier molecular flexibility index (Phi) is 5.07. The quantitative estimate of drug-likeness (QED) is 0.786. The predicted octanol–water partition coefficient (Wildman–Crippen LogP) is 1.49. The first-order chi connectivity index (χ1) is 7.84. The van der Waals surface area contributed by atoms with Gasteiger partial charge >= 0.3 is 0 Å². The van der Waals surface area contributed by atoms with E-state index in [0.29, 0.717) is 0 Å². The van der Waals surface area contributed by atoms with E-state index >= 15 is 0 Å². The molecule has 0 radical (unpaired) electrons. The highest BCUT2D eigenvalue weighted by Gasteiger charge is 2.18. The van der Waals surface area contributed by atoms with Crippen molar-refractivity contribution >= 4 is 0 Å². The summed E-state index contributed by atoms with van der Waals surface area (Å²) in [5.74, 6) is 0.926. The lowest BCUT2D eigenvalue weighted by molar-refractivity contribution is 0.0379. The van der Waals surface area contributed by atoms with Crippen molar-refractivity contribution in [2.45, 2.75) is 38.6 Å². The second kappa shape index (κ2) is 6.58. The van der Waals surface area contributed by atoms with Gasteiger partial charge in [0, 0.05) is 32.2 Å². The van der Waals surface area contributed by atoms with E-state index < -0.39 is 0 Å². The lowest BCUT2D eigenvalue weighted by atomic mass is 9.87. The second-order valence-electron chi connectivity index (χ2n) is 5.38. The van der Waals surface area contributed by atoms with Gasteiger partial charge in [-0.15, -0.1) is 0 Å². The van der Waals surface area contributed by atoms with Crippen LogP contribution < -0.4 is 5.32 Å². The Hall–Kier alpha value is -0.120. The van der Waals surface area contributed by atoms with Crippen LogP contribution >= 0.6 is 0 Å². The first-order valence-electron chi connectivity index (χ1n) is 6.88. The van der Waals surface area contributed by atoms with Crippen LogP contribution in [0.15, 0.2) is 0 Å². The number of nitrogens with zero attached hydrogens (tertiary/aromatic N) is 1. The summed E-state index contributed by atoms with van der Waals surface area (Å²) in [5, 5.41) is 3.72. The number of rotatable bonds is 4. The molecule has 94 valence electrons. The summed E-state index contributed by atoms with van der Waals surface area (Å²) in [5.41, 5.74) is 0. The minimum atomic E-state index is 0.782. The zero-order chi connectivity index (χ0) is 11.2. The van der Waals surface area contributed by atoms with Crippen LogP contribution in [0.2, 0.25) is 0 Å². The normalized spacial score (nSPS) is 32.8. The molecule has 1 heterocycles. The highest BCUT2D eigenvalue weighted by molar-refractivity contribution is 4.76. The van der Waals surface area contributed by atoms with Gasteiger partial charge in [-0.25, -0.2) is 0 Å². The molecule has 16 heavy (non-hydrogen) atoms. The Labute approximate surface area is 99.5 Å². The van der Waals surface area contributed by atoms with Gasteiger partial charge in [-0.05, 0) is 18.8 Å². The molecule has 1 aliphatic heterocycles. The first kappa shape index (κ1) is 12.3. The monoisotopic (exact) mass is 226 g/mol. The Morgan fingerprint density at radius 1 is 1.25 bits per heavy atom. The average molecular weight is 226 g/mol. The van der Waals surface area contributed by atoms with Gasteiger partial charge in [-0.2, -0.15) is 0 Å². The van der Waals surface area contributed by atoms with Crippen molar-refractivity contribution in [3.8, 4) is 0 Å². The smallest absolute Gasteiger partial charge is 0.0594 e. The first-order valence-corrected chi connectivity index (χ1v) is 6.88. The lowest BCUT2D eigenvalue weighted by Gasteiger charge is -2.30. The molecule has 1 saturated carbocycles. The Bertz CT molecular complexity index is 192. The SMILES string of the molecule is C[C@H]1CCC[C@@H](NCCN2CCOCC2)C1. The number of ether oxygens (including phenoxy) is 1. The molecule has 1 aliphatic carbocycles. The van der Waals surface area contributed by atoms with Gasteiger partial charge in [0.1, 0.15) is 0 Å². The van der Waals surface area contributed by atoms with Gasteiger partial charge in [0.2, 0.25) is 0 Å². The summed E-state index contributed by atoms with van der Waals surface area (Å²) in [6.07, 6.45) is 5.61. The zero-order valence-electron chi connectivity index (χ0n) is 10.6.